The predicted octanol–water partition coefficient (Wildman–Crippen LogP) is 0.459. The molecule has 19 heavy (non-hydrogen) atoms. The van der Waals surface area contributed by atoms with Crippen LogP contribution in [0.4, 0.5) is 4.79 Å². The maximum atomic E-state index is 11.7. The molecule has 3 N–H and O–H groups in total. The van der Waals surface area contributed by atoms with Crippen LogP contribution < -0.4 is 10.6 Å². The number of hydrogen-bond donors (Lipinski definition) is 3. The number of imide groups is 1. The highest BCUT2D eigenvalue weighted by atomic mass is 16.3. The Morgan fingerprint density at radius 2 is 2.05 bits per heavy atom. The van der Waals surface area contributed by atoms with Crippen molar-refractivity contribution in [2.75, 3.05) is 26.2 Å². The second kappa shape index (κ2) is 7.45. The Balaban J connectivity index is 2.30. The van der Waals surface area contributed by atoms with Gasteiger partial charge in [0.05, 0.1) is 12.1 Å². The van der Waals surface area contributed by atoms with E-state index in [0.717, 1.165) is 25.8 Å². The summed E-state index contributed by atoms with van der Waals surface area (Å²) in [6.07, 6.45) is 3.11. The first-order chi connectivity index (χ1) is 8.93. The number of aliphatic hydroxyl groups is 1. The molecule has 6 heteroatoms. The number of amides is 3. The van der Waals surface area contributed by atoms with Gasteiger partial charge < -0.3 is 10.4 Å². The summed E-state index contributed by atoms with van der Waals surface area (Å²) in [5.41, 5.74) is -0.635. The van der Waals surface area contributed by atoms with Gasteiger partial charge in [-0.25, -0.2) is 4.79 Å². The Labute approximate surface area is 114 Å². The molecular weight excluding hydrogens is 246 g/mol. The van der Waals surface area contributed by atoms with Gasteiger partial charge in [0.2, 0.25) is 5.91 Å². The normalized spacial score (nSPS) is 24.6. The van der Waals surface area contributed by atoms with Crippen LogP contribution in [0, 0.1) is 0 Å². The number of likely N-dealkylation sites (tertiary alicyclic amines) is 1. The average molecular weight is 271 g/mol. The minimum absolute atomic E-state index is 0.204. The van der Waals surface area contributed by atoms with E-state index >= 15 is 0 Å². The van der Waals surface area contributed by atoms with Crippen LogP contribution in [0.15, 0.2) is 0 Å². The summed E-state index contributed by atoms with van der Waals surface area (Å²) in [7, 11) is 0. The van der Waals surface area contributed by atoms with Crippen LogP contribution in [0.5, 0.6) is 0 Å². The smallest absolute Gasteiger partial charge is 0.321 e. The molecule has 1 atom stereocenters. The maximum absolute atomic E-state index is 11.7. The van der Waals surface area contributed by atoms with E-state index in [-0.39, 0.29) is 12.5 Å². The fraction of sp³-hybridized carbons (Fsp3) is 0.846. The molecule has 0 aromatic heterocycles. The van der Waals surface area contributed by atoms with Crippen LogP contribution in [0.3, 0.4) is 0 Å². The van der Waals surface area contributed by atoms with Gasteiger partial charge in [0, 0.05) is 13.1 Å². The van der Waals surface area contributed by atoms with Crippen LogP contribution >= 0.6 is 0 Å². The van der Waals surface area contributed by atoms with E-state index in [1.54, 1.807) is 0 Å². The number of urea groups is 1. The van der Waals surface area contributed by atoms with Gasteiger partial charge in [-0.1, -0.05) is 6.92 Å². The van der Waals surface area contributed by atoms with Gasteiger partial charge in [0.1, 0.15) is 0 Å². The summed E-state index contributed by atoms with van der Waals surface area (Å²) in [6.45, 7) is 6.00. The molecule has 0 spiro atoms. The first-order valence-electron chi connectivity index (χ1n) is 6.95. The number of rotatable bonds is 4. The largest absolute Gasteiger partial charge is 0.390 e. The molecule has 1 aliphatic heterocycles. The fourth-order valence-corrected chi connectivity index (χ4v) is 2.13. The molecular formula is C13H25N3O3. The summed E-state index contributed by atoms with van der Waals surface area (Å²) in [4.78, 5) is 25.0. The van der Waals surface area contributed by atoms with Gasteiger partial charge in [-0.3, -0.25) is 15.0 Å². The van der Waals surface area contributed by atoms with Gasteiger partial charge in [0.15, 0.2) is 0 Å². The zero-order chi connectivity index (χ0) is 14.3. The monoisotopic (exact) mass is 271 g/mol. The number of hydrogen-bond acceptors (Lipinski definition) is 4. The maximum Gasteiger partial charge on any atom is 0.321 e. The molecule has 0 radical (unpaired) electrons. The van der Waals surface area contributed by atoms with E-state index in [0.29, 0.717) is 19.5 Å². The Morgan fingerprint density at radius 3 is 2.74 bits per heavy atom. The van der Waals surface area contributed by atoms with Gasteiger partial charge in [-0.15, -0.1) is 0 Å². The number of nitrogens with zero attached hydrogens (tertiary/aromatic N) is 1. The highest BCUT2D eigenvalue weighted by Crippen LogP contribution is 2.20. The first-order valence-corrected chi connectivity index (χ1v) is 6.95. The van der Waals surface area contributed by atoms with Gasteiger partial charge >= 0.3 is 6.03 Å². The third kappa shape index (κ3) is 6.54. The summed E-state index contributed by atoms with van der Waals surface area (Å²) < 4.78 is 0. The molecule has 0 aliphatic carbocycles. The lowest BCUT2D eigenvalue weighted by Crippen LogP contribution is -2.45. The summed E-state index contributed by atoms with van der Waals surface area (Å²) in [5, 5.41) is 14.9. The van der Waals surface area contributed by atoms with Crippen LogP contribution in [0.1, 0.15) is 39.5 Å². The number of carbonyl (C=O) groups excluding carboxylic acids is 2. The molecule has 0 aromatic carbocycles. The average Bonchev–Trinajstić information content (AvgIpc) is 2.48. The van der Waals surface area contributed by atoms with Crippen molar-refractivity contribution in [3.63, 3.8) is 0 Å². The molecule has 1 heterocycles. The predicted molar refractivity (Wildman–Crippen MR) is 72.7 cm³/mol. The quantitative estimate of drug-likeness (QED) is 0.694. The van der Waals surface area contributed by atoms with Crippen molar-refractivity contribution in [3.8, 4) is 0 Å². The Kier molecular flexibility index (Phi) is 6.24. The first kappa shape index (κ1) is 15.9. The van der Waals surface area contributed by atoms with Crippen molar-refractivity contribution < 1.29 is 14.7 Å². The van der Waals surface area contributed by atoms with Gasteiger partial charge in [-0.05, 0) is 39.2 Å². The number of nitrogens with one attached hydrogen (secondary N) is 2. The fourth-order valence-electron chi connectivity index (χ4n) is 2.13. The van der Waals surface area contributed by atoms with Crippen LogP contribution in [0.2, 0.25) is 0 Å². The van der Waals surface area contributed by atoms with Crippen LogP contribution in [-0.4, -0.2) is 53.7 Å². The molecule has 6 nitrogen and oxygen atoms in total. The van der Waals surface area contributed by atoms with E-state index in [1.165, 1.54) is 0 Å². The van der Waals surface area contributed by atoms with Crippen LogP contribution in [0.25, 0.3) is 0 Å². The van der Waals surface area contributed by atoms with E-state index in [4.69, 9.17) is 0 Å². The van der Waals surface area contributed by atoms with E-state index in [9.17, 15) is 14.7 Å². The van der Waals surface area contributed by atoms with Crippen molar-refractivity contribution >= 4 is 11.9 Å². The number of carbonyl (C=O) groups is 2. The molecule has 1 saturated heterocycles. The lowest BCUT2D eigenvalue weighted by atomic mass is 9.98. The van der Waals surface area contributed by atoms with E-state index in [1.807, 2.05) is 18.7 Å². The van der Waals surface area contributed by atoms with E-state index < -0.39 is 11.6 Å². The summed E-state index contributed by atoms with van der Waals surface area (Å²) >= 11 is 0. The van der Waals surface area contributed by atoms with Crippen molar-refractivity contribution in [1.82, 2.24) is 15.5 Å². The van der Waals surface area contributed by atoms with E-state index in [2.05, 4.69) is 10.6 Å². The van der Waals surface area contributed by atoms with Gasteiger partial charge in [0.25, 0.3) is 0 Å². The third-order valence-electron chi connectivity index (χ3n) is 3.31. The third-order valence-corrected chi connectivity index (χ3v) is 3.31. The Hall–Kier alpha value is -1.14. The second-order valence-corrected chi connectivity index (χ2v) is 5.43. The van der Waals surface area contributed by atoms with Crippen molar-refractivity contribution in [3.05, 3.63) is 0 Å². The Bertz CT molecular complexity index is 318. The standard InChI is InChI=1S/C13H25N3O3/c1-3-7-14-12(18)15-11(17)10-16-8-4-5-13(2,19)6-9-16/h19H,3-10H2,1-2H3,(H2,14,15,17,18). The molecule has 1 rings (SSSR count). The highest BCUT2D eigenvalue weighted by Gasteiger charge is 2.25. The van der Waals surface area contributed by atoms with Crippen molar-refractivity contribution in [1.29, 1.82) is 0 Å². The van der Waals surface area contributed by atoms with Crippen molar-refractivity contribution in [2.24, 2.45) is 0 Å². The molecule has 0 aromatic rings. The molecule has 3 amide bonds. The SMILES string of the molecule is CCCNC(=O)NC(=O)CN1CCCC(C)(O)CC1. The molecule has 0 bridgehead atoms. The Morgan fingerprint density at radius 1 is 1.32 bits per heavy atom. The lowest BCUT2D eigenvalue weighted by Gasteiger charge is -2.21. The summed E-state index contributed by atoms with van der Waals surface area (Å²) in [5.74, 6) is -0.296. The van der Waals surface area contributed by atoms with Crippen molar-refractivity contribution in [2.45, 2.75) is 45.1 Å². The topological polar surface area (TPSA) is 81.7 Å². The zero-order valence-electron chi connectivity index (χ0n) is 11.9. The molecule has 1 fully saturated rings. The summed E-state index contributed by atoms with van der Waals surface area (Å²) in [6, 6.07) is -0.436. The molecule has 110 valence electrons. The van der Waals surface area contributed by atoms with Gasteiger partial charge in [-0.2, -0.15) is 0 Å². The molecule has 1 unspecified atom stereocenters. The molecule has 1 aliphatic rings. The minimum atomic E-state index is -0.635. The zero-order valence-corrected chi connectivity index (χ0v) is 11.9. The van der Waals surface area contributed by atoms with Crippen LogP contribution in [-0.2, 0) is 4.79 Å². The lowest BCUT2D eigenvalue weighted by molar-refractivity contribution is -0.121. The minimum Gasteiger partial charge on any atom is -0.390 e. The highest BCUT2D eigenvalue weighted by molar-refractivity contribution is 5.95. The second-order valence-electron chi connectivity index (χ2n) is 5.43. The molecule has 0 saturated carbocycles.